The number of aryl methyl sites for hydroxylation is 1. The summed E-state index contributed by atoms with van der Waals surface area (Å²) >= 11 is 0. The first-order valence-electron chi connectivity index (χ1n) is 14.3. The molecular weight excluding hydrogens is 540 g/mol. The van der Waals surface area contributed by atoms with Crippen LogP contribution in [0.25, 0.3) is 10.9 Å². The van der Waals surface area contributed by atoms with Crippen molar-refractivity contribution in [3.8, 4) is 5.75 Å². The van der Waals surface area contributed by atoms with Crippen molar-refractivity contribution in [2.24, 2.45) is 0 Å². The third kappa shape index (κ3) is 4.43. The lowest BCUT2D eigenvalue weighted by molar-refractivity contribution is -0.120. The average Bonchev–Trinajstić information content (AvgIpc) is 3.53. The van der Waals surface area contributed by atoms with Crippen LogP contribution >= 0.6 is 0 Å². The number of amides is 4. The molecule has 3 heterocycles. The number of benzene rings is 4. The van der Waals surface area contributed by atoms with Crippen LogP contribution in [0, 0.1) is 6.92 Å². The fourth-order valence-corrected chi connectivity index (χ4v) is 6.30. The van der Waals surface area contributed by atoms with Gasteiger partial charge in [-0.15, -0.1) is 0 Å². The number of aromatic amines is 1. The Balaban J connectivity index is 1.28. The van der Waals surface area contributed by atoms with Crippen molar-refractivity contribution in [2.75, 3.05) is 12.0 Å². The molecule has 0 bridgehead atoms. The number of fused-ring (bicyclic) bond motifs is 4. The number of anilines is 1. The van der Waals surface area contributed by atoms with Gasteiger partial charge in [-0.25, -0.2) is 9.69 Å². The van der Waals surface area contributed by atoms with Gasteiger partial charge in [0.25, 0.3) is 11.8 Å². The van der Waals surface area contributed by atoms with Crippen LogP contribution in [0.3, 0.4) is 0 Å². The molecule has 43 heavy (non-hydrogen) atoms. The second-order valence-electron chi connectivity index (χ2n) is 11.0. The van der Waals surface area contributed by atoms with Gasteiger partial charge in [-0.3, -0.25) is 14.5 Å². The van der Waals surface area contributed by atoms with Crippen molar-refractivity contribution in [3.05, 3.63) is 131 Å². The van der Waals surface area contributed by atoms with Gasteiger partial charge in [0.2, 0.25) is 0 Å². The first-order chi connectivity index (χ1) is 20.9. The number of nitrogens with one attached hydrogen (secondary N) is 2. The maximum atomic E-state index is 14.4. The first-order valence-corrected chi connectivity index (χ1v) is 14.3. The maximum Gasteiger partial charge on any atom is 0.332 e. The molecule has 4 amide bonds. The van der Waals surface area contributed by atoms with Crippen molar-refractivity contribution < 1.29 is 19.1 Å². The van der Waals surface area contributed by atoms with Crippen LogP contribution < -0.4 is 15.0 Å². The summed E-state index contributed by atoms with van der Waals surface area (Å²) in [5, 5.41) is 3.98. The molecule has 8 nitrogen and oxygen atoms in total. The smallest absolute Gasteiger partial charge is 0.332 e. The number of nitrogens with zero attached hydrogens (tertiary/aromatic N) is 2. The second kappa shape index (κ2) is 10.5. The average molecular weight is 571 g/mol. The molecule has 2 atom stereocenters. The molecule has 2 aliphatic rings. The van der Waals surface area contributed by atoms with Crippen LogP contribution in [0.1, 0.15) is 44.3 Å². The van der Waals surface area contributed by atoms with E-state index >= 15 is 0 Å². The number of aromatic nitrogens is 1. The van der Waals surface area contributed by atoms with Crippen molar-refractivity contribution in [2.45, 2.75) is 32.0 Å². The van der Waals surface area contributed by atoms with Crippen molar-refractivity contribution in [1.29, 1.82) is 0 Å². The molecule has 1 fully saturated rings. The molecule has 2 unspecified atom stereocenters. The van der Waals surface area contributed by atoms with Crippen LogP contribution in [0.2, 0.25) is 0 Å². The van der Waals surface area contributed by atoms with E-state index in [9.17, 15) is 14.4 Å². The normalized spacial score (nSPS) is 17.6. The summed E-state index contributed by atoms with van der Waals surface area (Å²) in [5.74, 6) is -0.0578. The van der Waals surface area contributed by atoms with E-state index in [1.54, 1.807) is 36.3 Å². The predicted octanol–water partition coefficient (Wildman–Crippen LogP) is 5.90. The zero-order valence-corrected chi connectivity index (χ0v) is 23.8. The number of hydrogen-bond acceptors (Lipinski definition) is 4. The third-order valence-electron chi connectivity index (χ3n) is 8.42. The number of carbonyl (C=O) groups is 3. The number of H-pyrrole nitrogens is 1. The minimum Gasteiger partial charge on any atom is -0.497 e. The lowest BCUT2D eigenvalue weighted by atomic mass is 9.89. The molecule has 7 rings (SSSR count). The van der Waals surface area contributed by atoms with Gasteiger partial charge in [0, 0.05) is 29.6 Å². The molecule has 8 heteroatoms. The van der Waals surface area contributed by atoms with Crippen LogP contribution in [0.5, 0.6) is 5.75 Å². The highest BCUT2D eigenvalue weighted by atomic mass is 16.5. The maximum absolute atomic E-state index is 14.4. The Bertz CT molecular complexity index is 1890. The topological polar surface area (TPSA) is 94.7 Å². The van der Waals surface area contributed by atoms with Gasteiger partial charge < -0.3 is 15.0 Å². The lowest BCUT2D eigenvalue weighted by Gasteiger charge is -2.36. The molecule has 1 aromatic heterocycles. The van der Waals surface area contributed by atoms with Crippen LogP contribution in [0.15, 0.2) is 97.1 Å². The molecule has 5 aromatic rings. The molecule has 214 valence electrons. The second-order valence-corrected chi connectivity index (χ2v) is 11.0. The molecule has 0 radical (unpaired) electrons. The van der Waals surface area contributed by atoms with Crippen molar-refractivity contribution in [1.82, 2.24) is 15.2 Å². The summed E-state index contributed by atoms with van der Waals surface area (Å²) in [6.07, 6.45) is 0.364. The van der Waals surface area contributed by atoms with E-state index in [4.69, 9.17) is 4.74 Å². The monoisotopic (exact) mass is 570 g/mol. The molecule has 2 aliphatic heterocycles. The number of para-hydroxylation sites is 2. The van der Waals surface area contributed by atoms with Crippen molar-refractivity contribution >= 4 is 34.4 Å². The standard InChI is InChI=1S/C35H30N4O4/c1-21-14-16-22(17-15-21)20-36-33(40)26-11-4-6-13-29(26)39-34(41)30-19-27-25-10-3-5-12-28(25)37-31(27)32(38(30)35(39)42)23-8-7-9-24(18-23)43-2/h3-18,30,32,37H,19-20H2,1-2H3,(H,36,40). The Labute approximate surface area is 248 Å². The molecule has 2 N–H and O–H groups in total. The molecule has 1 saturated heterocycles. The first kappa shape index (κ1) is 26.5. The molecule has 0 saturated carbocycles. The fourth-order valence-electron chi connectivity index (χ4n) is 6.30. The van der Waals surface area contributed by atoms with Gasteiger partial charge in [-0.05, 0) is 53.9 Å². The Kier molecular flexibility index (Phi) is 6.46. The minimum atomic E-state index is -0.737. The van der Waals surface area contributed by atoms with E-state index in [1.165, 1.54) is 4.90 Å². The molecule has 0 aliphatic carbocycles. The SMILES string of the molecule is COc1cccc(C2c3[nH]c4ccccc4c3CC3C(=O)N(c4ccccc4C(=O)NCc4ccc(C)cc4)C(=O)N32)c1. The number of imide groups is 1. The summed E-state index contributed by atoms with van der Waals surface area (Å²) in [6, 6.07) is 28.5. The summed E-state index contributed by atoms with van der Waals surface area (Å²) in [5.41, 5.74) is 6.28. The Hall–Kier alpha value is -5.37. The predicted molar refractivity (Wildman–Crippen MR) is 164 cm³/mol. The van der Waals surface area contributed by atoms with Gasteiger partial charge in [-0.1, -0.05) is 72.3 Å². The highest BCUT2D eigenvalue weighted by Gasteiger charge is 2.53. The largest absolute Gasteiger partial charge is 0.497 e. The zero-order chi connectivity index (χ0) is 29.7. The van der Waals surface area contributed by atoms with E-state index in [0.717, 1.165) is 38.9 Å². The fraction of sp³-hybridized carbons (Fsp3) is 0.171. The lowest BCUT2D eigenvalue weighted by Crippen LogP contribution is -2.44. The van der Waals surface area contributed by atoms with Crippen LogP contribution in [0.4, 0.5) is 10.5 Å². The number of carbonyl (C=O) groups excluding carboxylic acids is 3. The highest BCUT2D eigenvalue weighted by Crippen LogP contribution is 2.45. The summed E-state index contributed by atoms with van der Waals surface area (Å²) in [6.45, 7) is 2.33. The van der Waals surface area contributed by atoms with E-state index in [1.807, 2.05) is 79.7 Å². The van der Waals surface area contributed by atoms with E-state index < -0.39 is 18.1 Å². The quantitative estimate of drug-likeness (QED) is 0.249. The number of methoxy groups -OCH3 is 1. The molecular formula is C35H30N4O4. The molecule has 4 aromatic carbocycles. The highest BCUT2D eigenvalue weighted by molar-refractivity contribution is 6.24. The summed E-state index contributed by atoms with van der Waals surface area (Å²) in [4.78, 5) is 48.4. The number of urea groups is 1. The number of ether oxygens (including phenoxy) is 1. The van der Waals surface area contributed by atoms with Gasteiger partial charge >= 0.3 is 6.03 Å². The van der Waals surface area contributed by atoms with E-state index in [0.29, 0.717) is 18.7 Å². The summed E-state index contributed by atoms with van der Waals surface area (Å²) in [7, 11) is 1.60. The Morgan fingerprint density at radius 3 is 2.53 bits per heavy atom. The number of rotatable bonds is 6. The van der Waals surface area contributed by atoms with Gasteiger partial charge in [-0.2, -0.15) is 0 Å². The van der Waals surface area contributed by atoms with E-state index in [2.05, 4.69) is 10.3 Å². The molecule has 0 spiro atoms. The van der Waals surface area contributed by atoms with Crippen LogP contribution in [-0.4, -0.2) is 40.9 Å². The van der Waals surface area contributed by atoms with E-state index in [-0.39, 0.29) is 23.1 Å². The Morgan fingerprint density at radius 2 is 1.72 bits per heavy atom. The number of hydrogen-bond donors (Lipinski definition) is 2. The van der Waals surface area contributed by atoms with Gasteiger partial charge in [0.05, 0.1) is 18.4 Å². The third-order valence-corrected chi connectivity index (χ3v) is 8.42. The summed E-state index contributed by atoms with van der Waals surface area (Å²) < 4.78 is 5.51. The minimum absolute atomic E-state index is 0.262. The van der Waals surface area contributed by atoms with Gasteiger partial charge in [0.15, 0.2) is 0 Å². The Morgan fingerprint density at radius 1 is 0.953 bits per heavy atom. The van der Waals surface area contributed by atoms with Crippen molar-refractivity contribution in [3.63, 3.8) is 0 Å². The van der Waals surface area contributed by atoms with Crippen LogP contribution in [-0.2, 0) is 17.8 Å². The zero-order valence-electron chi connectivity index (χ0n) is 23.8. The van der Waals surface area contributed by atoms with Gasteiger partial charge in [0.1, 0.15) is 17.8 Å².